The van der Waals surface area contributed by atoms with Crippen molar-refractivity contribution in [2.24, 2.45) is 5.92 Å². The Morgan fingerprint density at radius 3 is 2.47 bits per heavy atom. The van der Waals surface area contributed by atoms with Crippen LogP contribution in [0.4, 0.5) is 0 Å². The maximum atomic E-state index is 9.03. The van der Waals surface area contributed by atoms with Gasteiger partial charge in [-0.25, -0.2) is 0 Å². The summed E-state index contributed by atoms with van der Waals surface area (Å²) in [5, 5.41) is 13.3. The normalized spacial score (nSPS) is 14.6. The lowest BCUT2D eigenvalue weighted by atomic mass is 10.0. The van der Waals surface area contributed by atoms with Gasteiger partial charge in [-0.3, -0.25) is 0 Å². The first-order chi connectivity index (χ1) is 8.17. The Morgan fingerprint density at radius 2 is 1.94 bits per heavy atom. The molecule has 96 valence electrons. The first kappa shape index (κ1) is 14.5. The van der Waals surface area contributed by atoms with Crippen LogP contribution in [-0.4, -0.2) is 18.3 Å². The number of hydrogen-bond donors (Lipinski definition) is 2. The summed E-state index contributed by atoms with van der Waals surface area (Å²) in [6.45, 7) is 5.29. The number of hydrogen-bond acceptors (Lipinski definition) is 2. The van der Waals surface area contributed by atoms with Crippen LogP contribution in [0.25, 0.3) is 0 Å². The van der Waals surface area contributed by atoms with Crippen molar-refractivity contribution < 1.29 is 5.11 Å². The van der Waals surface area contributed by atoms with Gasteiger partial charge in [-0.1, -0.05) is 44.0 Å². The summed E-state index contributed by atoms with van der Waals surface area (Å²) in [6.07, 6.45) is 2.23. The van der Waals surface area contributed by atoms with Crippen LogP contribution in [0.5, 0.6) is 0 Å². The fourth-order valence-electron chi connectivity index (χ4n) is 1.78. The minimum absolute atomic E-state index is 0.229. The smallest absolute Gasteiger partial charge is 0.0468 e. The monoisotopic (exact) mass is 255 g/mol. The lowest BCUT2D eigenvalue weighted by molar-refractivity contribution is 0.229. The van der Waals surface area contributed by atoms with Gasteiger partial charge < -0.3 is 10.4 Å². The molecule has 0 fully saturated rings. The van der Waals surface area contributed by atoms with Crippen molar-refractivity contribution in [2.45, 2.75) is 32.7 Å². The molecule has 0 spiro atoms. The Morgan fingerprint density at radius 1 is 1.29 bits per heavy atom. The summed E-state index contributed by atoms with van der Waals surface area (Å²) in [5.74, 6) is 0.293. The van der Waals surface area contributed by atoms with E-state index in [1.165, 1.54) is 5.56 Å². The third-order valence-electron chi connectivity index (χ3n) is 2.87. The molecule has 2 nitrogen and oxygen atoms in total. The molecule has 0 saturated carbocycles. The molecule has 0 aliphatic carbocycles. The molecular formula is C14H22ClNO. The standard InChI is InChI=1S/C14H22ClNO/c1-3-4-14(16-9-11(2)10-17)12-5-7-13(15)8-6-12/h5-8,11,14,16-17H,3-4,9-10H2,1-2H3. The maximum Gasteiger partial charge on any atom is 0.0468 e. The summed E-state index contributed by atoms with van der Waals surface area (Å²) in [4.78, 5) is 0. The summed E-state index contributed by atoms with van der Waals surface area (Å²) in [5.41, 5.74) is 1.27. The molecule has 17 heavy (non-hydrogen) atoms. The third kappa shape index (κ3) is 5.07. The SMILES string of the molecule is CCCC(NCC(C)CO)c1ccc(Cl)cc1. The zero-order valence-corrected chi connectivity index (χ0v) is 11.4. The maximum absolute atomic E-state index is 9.03. The predicted molar refractivity (Wildman–Crippen MR) is 73.4 cm³/mol. The zero-order valence-electron chi connectivity index (χ0n) is 10.6. The van der Waals surface area contributed by atoms with Crippen molar-refractivity contribution in [2.75, 3.05) is 13.2 Å². The van der Waals surface area contributed by atoms with E-state index in [1.54, 1.807) is 0 Å². The van der Waals surface area contributed by atoms with Gasteiger partial charge in [0.05, 0.1) is 0 Å². The van der Waals surface area contributed by atoms with Crippen LogP contribution in [0.2, 0.25) is 5.02 Å². The molecule has 2 unspecified atom stereocenters. The third-order valence-corrected chi connectivity index (χ3v) is 3.13. The molecule has 2 N–H and O–H groups in total. The second-order valence-electron chi connectivity index (χ2n) is 4.59. The van der Waals surface area contributed by atoms with E-state index in [0.29, 0.717) is 12.0 Å². The van der Waals surface area contributed by atoms with Crippen LogP contribution < -0.4 is 5.32 Å². The molecule has 1 rings (SSSR count). The van der Waals surface area contributed by atoms with Crippen LogP contribution in [0.3, 0.4) is 0 Å². The fourth-order valence-corrected chi connectivity index (χ4v) is 1.90. The highest BCUT2D eigenvalue weighted by molar-refractivity contribution is 6.30. The van der Waals surface area contributed by atoms with Gasteiger partial charge >= 0.3 is 0 Å². The van der Waals surface area contributed by atoms with E-state index in [0.717, 1.165) is 24.4 Å². The second-order valence-corrected chi connectivity index (χ2v) is 5.03. The molecule has 2 atom stereocenters. The molecule has 0 aliphatic rings. The first-order valence-electron chi connectivity index (χ1n) is 6.27. The van der Waals surface area contributed by atoms with Gasteiger partial charge in [-0.15, -0.1) is 0 Å². The van der Waals surface area contributed by atoms with E-state index < -0.39 is 0 Å². The van der Waals surface area contributed by atoms with Gasteiger partial charge in [-0.2, -0.15) is 0 Å². The van der Waals surface area contributed by atoms with E-state index in [2.05, 4.69) is 24.4 Å². The Hall–Kier alpha value is -0.570. The van der Waals surface area contributed by atoms with Crippen molar-refractivity contribution in [3.63, 3.8) is 0 Å². The largest absolute Gasteiger partial charge is 0.396 e. The van der Waals surface area contributed by atoms with Crippen LogP contribution in [0.1, 0.15) is 38.3 Å². The molecule has 3 heteroatoms. The summed E-state index contributed by atoms with van der Waals surface area (Å²) in [6, 6.07) is 8.35. The molecule has 1 aromatic rings. The number of rotatable bonds is 7. The van der Waals surface area contributed by atoms with Gasteiger partial charge in [-0.05, 0) is 30.0 Å². The van der Waals surface area contributed by atoms with E-state index >= 15 is 0 Å². The van der Waals surface area contributed by atoms with Gasteiger partial charge in [0.15, 0.2) is 0 Å². The Labute approximate surface area is 109 Å². The van der Waals surface area contributed by atoms with Gasteiger partial charge in [0, 0.05) is 24.2 Å². The summed E-state index contributed by atoms with van der Waals surface area (Å²) in [7, 11) is 0. The first-order valence-corrected chi connectivity index (χ1v) is 6.64. The van der Waals surface area contributed by atoms with Gasteiger partial charge in [0.2, 0.25) is 0 Å². The highest BCUT2D eigenvalue weighted by Gasteiger charge is 2.11. The van der Waals surface area contributed by atoms with Crippen LogP contribution in [-0.2, 0) is 0 Å². The highest BCUT2D eigenvalue weighted by atomic mass is 35.5. The van der Waals surface area contributed by atoms with Crippen molar-refractivity contribution in [1.82, 2.24) is 5.32 Å². The average Bonchev–Trinajstić information content (AvgIpc) is 2.35. The number of aliphatic hydroxyl groups excluding tert-OH is 1. The molecule has 0 saturated heterocycles. The van der Waals surface area contributed by atoms with Crippen molar-refractivity contribution >= 4 is 11.6 Å². The Kier molecular flexibility index (Phi) is 6.56. The fraction of sp³-hybridized carbons (Fsp3) is 0.571. The molecular weight excluding hydrogens is 234 g/mol. The van der Waals surface area contributed by atoms with E-state index in [4.69, 9.17) is 16.7 Å². The number of aliphatic hydroxyl groups is 1. The molecule has 1 aromatic carbocycles. The summed E-state index contributed by atoms with van der Waals surface area (Å²) < 4.78 is 0. The van der Waals surface area contributed by atoms with Crippen LogP contribution >= 0.6 is 11.6 Å². The van der Waals surface area contributed by atoms with Crippen LogP contribution in [0, 0.1) is 5.92 Å². The molecule has 0 aromatic heterocycles. The predicted octanol–water partition coefficient (Wildman–Crippen LogP) is 3.40. The molecule has 0 radical (unpaired) electrons. The van der Waals surface area contributed by atoms with Crippen molar-refractivity contribution in [3.8, 4) is 0 Å². The van der Waals surface area contributed by atoms with E-state index in [-0.39, 0.29) is 6.61 Å². The molecule has 0 bridgehead atoms. The second kappa shape index (κ2) is 7.70. The molecule has 0 aliphatic heterocycles. The lowest BCUT2D eigenvalue weighted by Gasteiger charge is -2.20. The minimum atomic E-state index is 0.229. The Balaban J connectivity index is 2.61. The Bertz CT molecular complexity index is 313. The molecule has 0 amide bonds. The van der Waals surface area contributed by atoms with E-state index in [1.807, 2.05) is 19.1 Å². The number of halogens is 1. The number of nitrogens with one attached hydrogen (secondary N) is 1. The quantitative estimate of drug-likeness (QED) is 0.783. The number of benzene rings is 1. The van der Waals surface area contributed by atoms with Gasteiger partial charge in [0.1, 0.15) is 0 Å². The van der Waals surface area contributed by atoms with Crippen molar-refractivity contribution in [3.05, 3.63) is 34.9 Å². The van der Waals surface area contributed by atoms with Crippen LogP contribution in [0.15, 0.2) is 24.3 Å². The average molecular weight is 256 g/mol. The lowest BCUT2D eigenvalue weighted by Crippen LogP contribution is -2.27. The minimum Gasteiger partial charge on any atom is -0.396 e. The summed E-state index contributed by atoms with van der Waals surface area (Å²) >= 11 is 5.89. The highest BCUT2D eigenvalue weighted by Crippen LogP contribution is 2.20. The van der Waals surface area contributed by atoms with Crippen molar-refractivity contribution in [1.29, 1.82) is 0 Å². The zero-order chi connectivity index (χ0) is 12.7. The topological polar surface area (TPSA) is 32.3 Å². The van der Waals surface area contributed by atoms with Gasteiger partial charge in [0.25, 0.3) is 0 Å². The van der Waals surface area contributed by atoms with E-state index in [9.17, 15) is 0 Å². The molecule has 0 heterocycles.